The molecular formula is C13H18N2O3. The number of carbonyl (C=O) groups is 2. The van der Waals surface area contributed by atoms with Gasteiger partial charge in [0.15, 0.2) is 6.04 Å². The third-order valence-electron chi connectivity index (χ3n) is 2.63. The van der Waals surface area contributed by atoms with E-state index in [1.54, 1.807) is 11.9 Å². The molecule has 0 radical (unpaired) electrons. The molecule has 0 fully saturated rings. The van der Waals surface area contributed by atoms with E-state index in [1.165, 1.54) is 14.2 Å². The molecular weight excluding hydrogens is 232 g/mol. The summed E-state index contributed by atoms with van der Waals surface area (Å²) in [5.41, 5.74) is 1.03. The Morgan fingerprint density at radius 2 is 1.94 bits per heavy atom. The molecule has 1 atom stereocenters. The molecule has 0 aliphatic heterocycles. The number of amides is 1. The van der Waals surface area contributed by atoms with Crippen LogP contribution >= 0.6 is 0 Å². The van der Waals surface area contributed by atoms with Crippen LogP contribution in [0.3, 0.4) is 0 Å². The lowest BCUT2D eigenvalue weighted by atomic mass is 10.1. The van der Waals surface area contributed by atoms with Crippen molar-refractivity contribution >= 4 is 11.9 Å². The van der Waals surface area contributed by atoms with Crippen molar-refractivity contribution in [2.75, 3.05) is 21.2 Å². The largest absolute Gasteiger partial charge is 0.467 e. The maximum Gasteiger partial charge on any atom is 0.332 e. The first kappa shape index (κ1) is 14.2. The number of hydrogen-bond donors (Lipinski definition) is 1. The quantitative estimate of drug-likeness (QED) is 0.607. The van der Waals surface area contributed by atoms with Crippen molar-refractivity contribution in [3.8, 4) is 0 Å². The molecule has 0 saturated heterocycles. The zero-order valence-electron chi connectivity index (χ0n) is 10.8. The van der Waals surface area contributed by atoms with E-state index in [1.807, 2.05) is 30.3 Å². The first-order chi connectivity index (χ1) is 8.60. The van der Waals surface area contributed by atoms with Crippen molar-refractivity contribution in [1.29, 1.82) is 0 Å². The Morgan fingerprint density at radius 1 is 1.33 bits per heavy atom. The highest BCUT2D eigenvalue weighted by molar-refractivity contribution is 6.01. The molecule has 0 aromatic heterocycles. The monoisotopic (exact) mass is 250 g/mol. The fourth-order valence-electron chi connectivity index (χ4n) is 1.70. The highest BCUT2D eigenvalue weighted by atomic mass is 16.5. The van der Waals surface area contributed by atoms with Crippen LogP contribution in [-0.2, 0) is 20.9 Å². The fraction of sp³-hybridized carbons (Fsp3) is 0.385. The van der Waals surface area contributed by atoms with Crippen molar-refractivity contribution in [1.82, 2.24) is 10.2 Å². The molecule has 1 N–H and O–H groups in total. The van der Waals surface area contributed by atoms with Gasteiger partial charge >= 0.3 is 5.97 Å². The molecule has 5 heteroatoms. The molecule has 1 unspecified atom stereocenters. The van der Waals surface area contributed by atoms with Gasteiger partial charge in [-0.1, -0.05) is 30.3 Å². The van der Waals surface area contributed by atoms with E-state index in [-0.39, 0.29) is 5.91 Å². The number of nitrogens with zero attached hydrogens (tertiary/aromatic N) is 1. The predicted octanol–water partition coefficient (Wildman–Crippen LogP) is 0.406. The van der Waals surface area contributed by atoms with E-state index in [0.717, 1.165) is 5.56 Å². The Balaban J connectivity index is 2.80. The van der Waals surface area contributed by atoms with Gasteiger partial charge in [-0.2, -0.15) is 0 Å². The van der Waals surface area contributed by atoms with E-state index >= 15 is 0 Å². The van der Waals surface area contributed by atoms with Crippen molar-refractivity contribution in [3.63, 3.8) is 0 Å². The molecule has 0 saturated carbocycles. The molecule has 0 bridgehead atoms. The van der Waals surface area contributed by atoms with Crippen LogP contribution < -0.4 is 5.32 Å². The lowest BCUT2D eigenvalue weighted by Crippen LogP contribution is -2.49. The van der Waals surface area contributed by atoms with Gasteiger partial charge in [0.1, 0.15) is 0 Å². The first-order valence-electron chi connectivity index (χ1n) is 5.63. The summed E-state index contributed by atoms with van der Waals surface area (Å²) in [6.07, 6.45) is 0. The second-order valence-electron chi connectivity index (χ2n) is 3.94. The van der Waals surface area contributed by atoms with Crippen LogP contribution in [0.5, 0.6) is 0 Å². The molecule has 5 nitrogen and oxygen atoms in total. The smallest absolute Gasteiger partial charge is 0.332 e. The minimum absolute atomic E-state index is 0.375. The van der Waals surface area contributed by atoms with E-state index in [4.69, 9.17) is 0 Å². The third-order valence-corrected chi connectivity index (χ3v) is 2.63. The van der Waals surface area contributed by atoms with Gasteiger partial charge in [0.05, 0.1) is 7.11 Å². The number of hydrogen-bond acceptors (Lipinski definition) is 4. The maximum absolute atomic E-state index is 11.7. The number of rotatable bonds is 5. The first-order valence-corrected chi connectivity index (χ1v) is 5.63. The van der Waals surface area contributed by atoms with E-state index in [2.05, 4.69) is 10.1 Å². The van der Waals surface area contributed by atoms with Crippen molar-refractivity contribution < 1.29 is 14.3 Å². The molecule has 0 aliphatic rings. The van der Waals surface area contributed by atoms with Gasteiger partial charge in [-0.05, 0) is 12.6 Å². The lowest BCUT2D eigenvalue weighted by molar-refractivity contribution is -0.151. The fourth-order valence-corrected chi connectivity index (χ4v) is 1.70. The summed E-state index contributed by atoms with van der Waals surface area (Å²) in [4.78, 5) is 25.0. The van der Waals surface area contributed by atoms with Crippen LogP contribution in [0, 0.1) is 0 Å². The summed E-state index contributed by atoms with van der Waals surface area (Å²) < 4.78 is 4.65. The highest BCUT2D eigenvalue weighted by Gasteiger charge is 2.30. The number of benzene rings is 1. The number of ether oxygens (including phenoxy) is 1. The summed E-state index contributed by atoms with van der Waals surface area (Å²) in [6, 6.07) is 8.69. The van der Waals surface area contributed by atoms with Gasteiger partial charge < -0.3 is 10.1 Å². The number of methoxy groups -OCH3 is 1. The molecule has 18 heavy (non-hydrogen) atoms. The molecule has 0 spiro atoms. The Kier molecular flexibility index (Phi) is 5.32. The van der Waals surface area contributed by atoms with Crippen LogP contribution in [0.25, 0.3) is 0 Å². The summed E-state index contributed by atoms with van der Waals surface area (Å²) >= 11 is 0. The third kappa shape index (κ3) is 3.56. The Bertz CT molecular complexity index is 390. The zero-order valence-corrected chi connectivity index (χ0v) is 10.8. The van der Waals surface area contributed by atoms with Gasteiger partial charge in [-0.25, -0.2) is 4.79 Å². The average Bonchev–Trinajstić information content (AvgIpc) is 2.39. The number of likely N-dealkylation sites (N-methyl/N-ethyl adjacent to an activating group) is 2. The lowest BCUT2D eigenvalue weighted by Gasteiger charge is -2.24. The van der Waals surface area contributed by atoms with Crippen LogP contribution in [0.4, 0.5) is 0 Å². The topological polar surface area (TPSA) is 58.6 Å². The summed E-state index contributed by atoms with van der Waals surface area (Å²) in [7, 11) is 4.48. The molecule has 1 aromatic carbocycles. The predicted molar refractivity (Wildman–Crippen MR) is 67.8 cm³/mol. The van der Waals surface area contributed by atoms with Gasteiger partial charge in [-0.15, -0.1) is 0 Å². The molecule has 98 valence electrons. The van der Waals surface area contributed by atoms with E-state index < -0.39 is 12.0 Å². The minimum Gasteiger partial charge on any atom is -0.467 e. The van der Waals surface area contributed by atoms with Crippen LogP contribution in [-0.4, -0.2) is 44.0 Å². The van der Waals surface area contributed by atoms with E-state index in [9.17, 15) is 9.59 Å². The number of carbonyl (C=O) groups excluding carboxylic acids is 2. The normalized spacial score (nSPS) is 12.0. The maximum atomic E-state index is 11.7. The Morgan fingerprint density at radius 3 is 2.44 bits per heavy atom. The molecule has 0 heterocycles. The standard InChI is InChI=1S/C13H18N2O3/c1-14-12(16)11(13(17)18-3)15(2)9-10-7-5-4-6-8-10/h4-8,11H,9H2,1-3H3,(H,14,16). The second-order valence-corrected chi connectivity index (χ2v) is 3.94. The van der Waals surface area contributed by atoms with Gasteiger partial charge in [0.25, 0.3) is 0 Å². The van der Waals surface area contributed by atoms with Gasteiger partial charge in [0, 0.05) is 13.6 Å². The Hall–Kier alpha value is -1.88. The van der Waals surface area contributed by atoms with Gasteiger partial charge in [-0.3, -0.25) is 9.69 Å². The molecule has 1 aromatic rings. The van der Waals surface area contributed by atoms with E-state index in [0.29, 0.717) is 6.54 Å². The number of nitrogens with one attached hydrogen (secondary N) is 1. The van der Waals surface area contributed by atoms with Crippen LogP contribution in [0.2, 0.25) is 0 Å². The second kappa shape index (κ2) is 6.76. The van der Waals surface area contributed by atoms with Crippen molar-refractivity contribution in [2.24, 2.45) is 0 Å². The Labute approximate surface area is 107 Å². The SMILES string of the molecule is CNC(=O)C(C(=O)OC)N(C)Cc1ccccc1. The molecule has 1 rings (SSSR count). The molecule has 1 amide bonds. The highest BCUT2D eigenvalue weighted by Crippen LogP contribution is 2.07. The van der Waals surface area contributed by atoms with Crippen LogP contribution in [0.1, 0.15) is 5.56 Å². The summed E-state index contributed by atoms with van der Waals surface area (Å²) in [5.74, 6) is -0.937. The minimum atomic E-state index is -0.930. The summed E-state index contributed by atoms with van der Waals surface area (Å²) in [5, 5.41) is 2.47. The molecule has 0 aliphatic carbocycles. The number of esters is 1. The summed E-state index contributed by atoms with van der Waals surface area (Å²) in [6.45, 7) is 0.494. The van der Waals surface area contributed by atoms with Gasteiger partial charge in [0.2, 0.25) is 5.91 Å². The van der Waals surface area contributed by atoms with Crippen molar-refractivity contribution in [2.45, 2.75) is 12.6 Å². The average molecular weight is 250 g/mol. The van der Waals surface area contributed by atoms with Crippen molar-refractivity contribution in [3.05, 3.63) is 35.9 Å². The van der Waals surface area contributed by atoms with Crippen LogP contribution in [0.15, 0.2) is 30.3 Å². The zero-order chi connectivity index (χ0) is 13.5.